The Morgan fingerprint density at radius 2 is 0.758 bits per heavy atom. The summed E-state index contributed by atoms with van der Waals surface area (Å²) in [6.07, 6.45) is 0. The number of nitrogens with zero attached hydrogens (tertiary/aromatic N) is 3. The van der Waals surface area contributed by atoms with Crippen LogP contribution in [-0.2, 0) is 0 Å². The molecular formula is C63H39N3. The van der Waals surface area contributed by atoms with Gasteiger partial charge in [0.2, 0.25) is 0 Å². The topological polar surface area (TPSA) is 49.6 Å². The number of hydrogen-bond acceptors (Lipinski definition) is 3. The first-order chi connectivity index (χ1) is 32.6. The Hall–Kier alpha value is -8.97. The average Bonchev–Trinajstić information content (AvgIpc) is 3.40. The lowest BCUT2D eigenvalue weighted by Gasteiger charge is -2.17. The van der Waals surface area contributed by atoms with Crippen molar-refractivity contribution >= 4 is 43.1 Å². The standard InChI is InChI=1S/C63H39N3/c64-40-41-18-20-42(21-19-41)44-24-30-48(31-25-44)60-39-61(66-63(65-60)50-11-2-1-3-12-50)49-32-26-45(27-33-49)43-22-28-47(29-23-43)53-36-37-57(56-17-9-8-16-55(53)56)62-54-15-7-5-13-51(54)38-59-52-14-6-4-10-46(52)34-35-58(59)62/h1-39H. The van der Waals surface area contributed by atoms with Gasteiger partial charge in [0.15, 0.2) is 5.82 Å². The molecule has 3 heteroatoms. The molecule has 3 nitrogen and oxygen atoms in total. The highest BCUT2D eigenvalue weighted by molar-refractivity contribution is 6.23. The third-order valence-corrected chi connectivity index (χ3v) is 13.0. The summed E-state index contributed by atoms with van der Waals surface area (Å²) in [6.45, 7) is 0. The molecule has 0 saturated carbocycles. The van der Waals surface area contributed by atoms with Crippen molar-refractivity contribution in [2.24, 2.45) is 0 Å². The molecule has 0 spiro atoms. The molecule has 66 heavy (non-hydrogen) atoms. The van der Waals surface area contributed by atoms with Crippen LogP contribution in [0.25, 0.3) is 122 Å². The Labute approximate surface area is 383 Å². The van der Waals surface area contributed by atoms with Gasteiger partial charge in [-0.2, -0.15) is 5.26 Å². The molecule has 0 N–H and O–H groups in total. The minimum absolute atomic E-state index is 0.649. The highest BCUT2D eigenvalue weighted by Crippen LogP contribution is 2.44. The molecule has 0 aliphatic heterocycles. The van der Waals surface area contributed by atoms with Crippen molar-refractivity contribution in [1.82, 2.24) is 9.97 Å². The van der Waals surface area contributed by atoms with Crippen LogP contribution in [0.15, 0.2) is 237 Å². The van der Waals surface area contributed by atoms with Crippen LogP contribution in [0.3, 0.4) is 0 Å². The van der Waals surface area contributed by atoms with E-state index in [4.69, 9.17) is 9.97 Å². The van der Waals surface area contributed by atoms with Gasteiger partial charge in [-0.15, -0.1) is 0 Å². The number of benzene rings is 11. The van der Waals surface area contributed by atoms with E-state index < -0.39 is 0 Å². The van der Waals surface area contributed by atoms with Crippen LogP contribution < -0.4 is 0 Å². The molecule has 12 rings (SSSR count). The van der Waals surface area contributed by atoms with Crippen LogP contribution >= 0.6 is 0 Å². The predicted molar refractivity (Wildman–Crippen MR) is 275 cm³/mol. The predicted octanol–water partition coefficient (Wildman–Crippen LogP) is 16.6. The molecule has 0 aliphatic carbocycles. The summed E-state index contributed by atoms with van der Waals surface area (Å²) < 4.78 is 0. The summed E-state index contributed by atoms with van der Waals surface area (Å²) in [4.78, 5) is 10.1. The van der Waals surface area contributed by atoms with E-state index in [1.165, 1.54) is 65.3 Å². The number of rotatable bonds is 7. The Bertz CT molecular complexity index is 3830. The maximum atomic E-state index is 9.24. The number of aromatic nitrogens is 2. The lowest BCUT2D eigenvalue weighted by atomic mass is 9.86. The molecule has 306 valence electrons. The third kappa shape index (κ3) is 6.95. The van der Waals surface area contributed by atoms with E-state index in [1.54, 1.807) is 0 Å². The van der Waals surface area contributed by atoms with Gasteiger partial charge < -0.3 is 0 Å². The molecule has 1 aromatic heterocycles. The zero-order valence-electron chi connectivity index (χ0n) is 35.9. The van der Waals surface area contributed by atoms with Crippen molar-refractivity contribution in [3.8, 4) is 84.5 Å². The summed E-state index contributed by atoms with van der Waals surface area (Å²) in [5.41, 5.74) is 14.7. The third-order valence-electron chi connectivity index (χ3n) is 13.0. The molecule has 0 bridgehead atoms. The van der Waals surface area contributed by atoms with Crippen LogP contribution in [0.4, 0.5) is 0 Å². The van der Waals surface area contributed by atoms with Gasteiger partial charge in [0.05, 0.1) is 23.0 Å². The van der Waals surface area contributed by atoms with Crippen molar-refractivity contribution in [3.63, 3.8) is 0 Å². The molecule has 0 unspecified atom stereocenters. The van der Waals surface area contributed by atoms with E-state index >= 15 is 0 Å². The van der Waals surface area contributed by atoms with E-state index in [0.29, 0.717) is 11.4 Å². The lowest BCUT2D eigenvalue weighted by Crippen LogP contribution is -1.96. The lowest BCUT2D eigenvalue weighted by molar-refractivity contribution is 1.18. The van der Waals surface area contributed by atoms with Gasteiger partial charge >= 0.3 is 0 Å². The van der Waals surface area contributed by atoms with E-state index in [1.807, 2.05) is 42.5 Å². The summed E-state index contributed by atoms with van der Waals surface area (Å²) in [7, 11) is 0. The average molecular weight is 838 g/mol. The van der Waals surface area contributed by atoms with Gasteiger partial charge in [-0.1, -0.05) is 212 Å². The van der Waals surface area contributed by atoms with Gasteiger partial charge in [0, 0.05) is 16.7 Å². The second kappa shape index (κ2) is 16.3. The fourth-order valence-corrected chi connectivity index (χ4v) is 9.58. The monoisotopic (exact) mass is 837 g/mol. The van der Waals surface area contributed by atoms with Crippen molar-refractivity contribution in [1.29, 1.82) is 5.26 Å². The van der Waals surface area contributed by atoms with Crippen molar-refractivity contribution in [2.45, 2.75) is 0 Å². The summed E-state index contributed by atoms with van der Waals surface area (Å²) in [6, 6.07) is 86.1. The van der Waals surface area contributed by atoms with Gasteiger partial charge in [-0.3, -0.25) is 0 Å². The summed E-state index contributed by atoms with van der Waals surface area (Å²) >= 11 is 0. The van der Waals surface area contributed by atoms with Crippen LogP contribution in [0.5, 0.6) is 0 Å². The largest absolute Gasteiger partial charge is 0.228 e. The number of nitriles is 1. The van der Waals surface area contributed by atoms with Crippen molar-refractivity contribution in [2.75, 3.05) is 0 Å². The van der Waals surface area contributed by atoms with Gasteiger partial charge in [-0.25, -0.2) is 9.97 Å². The molecule has 0 radical (unpaired) electrons. The van der Waals surface area contributed by atoms with Crippen LogP contribution in [0, 0.1) is 11.3 Å². The highest BCUT2D eigenvalue weighted by Gasteiger charge is 2.17. The second-order valence-electron chi connectivity index (χ2n) is 16.8. The first-order valence-electron chi connectivity index (χ1n) is 22.3. The smallest absolute Gasteiger partial charge is 0.160 e. The molecule has 1 heterocycles. The molecule has 0 atom stereocenters. The Kier molecular flexibility index (Phi) is 9.55. The Morgan fingerprint density at radius 1 is 0.288 bits per heavy atom. The maximum Gasteiger partial charge on any atom is 0.160 e. The van der Waals surface area contributed by atoms with E-state index in [2.05, 4.69) is 200 Å². The van der Waals surface area contributed by atoms with Gasteiger partial charge in [0.25, 0.3) is 0 Å². The summed E-state index contributed by atoms with van der Waals surface area (Å²) in [5.74, 6) is 0.679. The van der Waals surface area contributed by atoms with E-state index in [9.17, 15) is 5.26 Å². The minimum Gasteiger partial charge on any atom is -0.228 e. The van der Waals surface area contributed by atoms with Crippen LogP contribution in [0.1, 0.15) is 5.56 Å². The second-order valence-corrected chi connectivity index (χ2v) is 16.8. The fourth-order valence-electron chi connectivity index (χ4n) is 9.58. The molecule has 0 aliphatic rings. The van der Waals surface area contributed by atoms with Gasteiger partial charge in [0.1, 0.15) is 0 Å². The zero-order chi connectivity index (χ0) is 44.0. The fraction of sp³-hybridized carbons (Fsp3) is 0. The molecule has 12 aromatic rings. The van der Waals surface area contributed by atoms with Crippen molar-refractivity contribution < 1.29 is 0 Å². The highest BCUT2D eigenvalue weighted by atomic mass is 14.9. The molecule has 0 amide bonds. The molecule has 0 fully saturated rings. The first-order valence-corrected chi connectivity index (χ1v) is 22.3. The van der Waals surface area contributed by atoms with Gasteiger partial charge in [-0.05, 0) is 112 Å². The zero-order valence-corrected chi connectivity index (χ0v) is 35.9. The van der Waals surface area contributed by atoms with Crippen molar-refractivity contribution in [3.05, 3.63) is 242 Å². The summed E-state index contributed by atoms with van der Waals surface area (Å²) in [5, 5.41) is 19.3. The van der Waals surface area contributed by atoms with E-state index in [-0.39, 0.29) is 0 Å². The Balaban J connectivity index is 0.871. The Morgan fingerprint density at radius 3 is 1.36 bits per heavy atom. The van der Waals surface area contributed by atoms with Crippen LogP contribution in [-0.4, -0.2) is 9.97 Å². The quantitative estimate of drug-likeness (QED) is 0.119. The molecule has 11 aromatic carbocycles. The van der Waals surface area contributed by atoms with E-state index in [0.717, 1.165) is 50.3 Å². The number of hydrogen-bond donors (Lipinski definition) is 0. The van der Waals surface area contributed by atoms with Crippen LogP contribution in [0.2, 0.25) is 0 Å². The molecule has 0 saturated heterocycles. The minimum atomic E-state index is 0.649. The SMILES string of the molecule is N#Cc1ccc(-c2ccc(-c3cc(-c4ccc(-c5ccc(-c6ccc(-c7c8ccccc8cc8c7ccc7ccccc78)c7ccccc67)cc5)cc4)nc(-c4ccccc4)n3)cc2)cc1. The first kappa shape index (κ1) is 38.7. The maximum absolute atomic E-state index is 9.24. The molecular weight excluding hydrogens is 799 g/mol. The normalized spacial score (nSPS) is 11.3. The number of fused-ring (bicyclic) bond motifs is 5.